The number of aryl methyl sites for hydroxylation is 2. The standard InChI is InChI=1S/C21H19BrN2O2S/c1-12-8-9-17(13(2)10-12)23-21(27)24-20(25)16-11-14-6-4-5-7-15(14)18(22)19(16)26-3/h4-11H,1-3H3,(H2,23,24,25,27). The van der Waals surface area contributed by atoms with E-state index in [9.17, 15) is 4.79 Å². The number of carbonyl (C=O) groups excluding carboxylic acids is 1. The summed E-state index contributed by atoms with van der Waals surface area (Å²) in [6.07, 6.45) is 0. The number of benzene rings is 3. The third-order valence-electron chi connectivity index (χ3n) is 4.25. The molecule has 3 rings (SSSR count). The second-order valence-electron chi connectivity index (χ2n) is 6.22. The fourth-order valence-corrected chi connectivity index (χ4v) is 3.87. The van der Waals surface area contributed by atoms with Gasteiger partial charge in [-0.05, 0) is 70.5 Å². The maximum atomic E-state index is 12.8. The Hall–Kier alpha value is -2.44. The van der Waals surface area contributed by atoms with Gasteiger partial charge >= 0.3 is 0 Å². The summed E-state index contributed by atoms with van der Waals surface area (Å²) in [5.74, 6) is 0.140. The molecule has 0 saturated carbocycles. The van der Waals surface area contributed by atoms with Gasteiger partial charge in [0.15, 0.2) is 5.11 Å². The van der Waals surface area contributed by atoms with Crippen molar-refractivity contribution in [3.63, 3.8) is 0 Å². The topological polar surface area (TPSA) is 50.4 Å². The monoisotopic (exact) mass is 442 g/mol. The SMILES string of the molecule is COc1c(C(=O)NC(=S)Nc2ccc(C)cc2C)cc2ccccc2c1Br. The van der Waals surface area contributed by atoms with Crippen LogP contribution >= 0.6 is 28.1 Å². The molecule has 0 aliphatic carbocycles. The Bertz CT molecular complexity index is 1050. The van der Waals surface area contributed by atoms with Crippen LogP contribution in [0.5, 0.6) is 5.75 Å². The molecule has 0 aromatic heterocycles. The molecule has 0 spiro atoms. The first-order chi connectivity index (χ1) is 12.9. The number of hydrogen-bond donors (Lipinski definition) is 2. The molecular formula is C21H19BrN2O2S. The predicted octanol–water partition coefficient (Wildman–Crippen LogP) is 5.35. The van der Waals surface area contributed by atoms with Crippen LogP contribution in [0.3, 0.4) is 0 Å². The molecule has 0 heterocycles. The highest BCUT2D eigenvalue weighted by molar-refractivity contribution is 9.10. The second kappa shape index (κ2) is 8.06. The molecule has 0 bridgehead atoms. The van der Waals surface area contributed by atoms with Gasteiger partial charge in [-0.2, -0.15) is 0 Å². The van der Waals surface area contributed by atoms with Crippen molar-refractivity contribution in [3.05, 3.63) is 69.7 Å². The Labute approximate surface area is 172 Å². The third kappa shape index (κ3) is 4.12. The molecule has 0 atom stereocenters. The summed E-state index contributed by atoms with van der Waals surface area (Å²) in [4.78, 5) is 12.8. The van der Waals surface area contributed by atoms with E-state index in [2.05, 4.69) is 32.6 Å². The molecule has 4 nitrogen and oxygen atoms in total. The molecule has 3 aromatic rings. The first-order valence-electron chi connectivity index (χ1n) is 8.35. The van der Waals surface area contributed by atoms with Crippen molar-refractivity contribution in [1.82, 2.24) is 5.32 Å². The average molecular weight is 443 g/mol. The van der Waals surface area contributed by atoms with Gasteiger partial charge in [0, 0.05) is 5.69 Å². The van der Waals surface area contributed by atoms with Crippen molar-refractivity contribution in [2.45, 2.75) is 13.8 Å². The molecule has 3 aromatic carbocycles. The van der Waals surface area contributed by atoms with Gasteiger partial charge in [0.25, 0.3) is 5.91 Å². The van der Waals surface area contributed by atoms with E-state index in [1.807, 2.05) is 50.2 Å². The average Bonchev–Trinajstić information content (AvgIpc) is 2.64. The van der Waals surface area contributed by atoms with Crippen LogP contribution in [-0.4, -0.2) is 18.1 Å². The highest BCUT2D eigenvalue weighted by Crippen LogP contribution is 2.36. The van der Waals surface area contributed by atoms with Crippen molar-refractivity contribution in [3.8, 4) is 5.75 Å². The summed E-state index contributed by atoms with van der Waals surface area (Å²) >= 11 is 8.86. The summed E-state index contributed by atoms with van der Waals surface area (Å²) in [5, 5.41) is 7.95. The number of anilines is 1. The largest absolute Gasteiger partial charge is 0.495 e. The number of methoxy groups -OCH3 is 1. The van der Waals surface area contributed by atoms with Crippen molar-refractivity contribution in [2.24, 2.45) is 0 Å². The summed E-state index contributed by atoms with van der Waals surface area (Å²) < 4.78 is 6.20. The molecule has 0 fully saturated rings. The second-order valence-corrected chi connectivity index (χ2v) is 7.42. The van der Waals surface area contributed by atoms with Gasteiger partial charge in [-0.3, -0.25) is 10.1 Å². The highest BCUT2D eigenvalue weighted by Gasteiger charge is 2.19. The zero-order chi connectivity index (χ0) is 19.6. The summed E-state index contributed by atoms with van der Waals surface area (Å²) in [5.41, 5.74) is 3.49. The van der Waals surface area contributed by atoms with Crippen LogP contribution < -0.4 is 15.4 Å². The number of thiocarbonyl (C=S) groups is 1. The lowest BCUT2D eigenvalue weighted by Crippen LogP contribution is -2.34. The Balaban J connectivity index is 1.86. The fourth-order valence-electron chi connectivity index (χ4n) is 2.93. The van der Waals surface area contributed by atoms with Crippen LogP contribution in [0.2, 0.25) is 0 Å². The number of nitrogens with one attached hydrogen (secondary N) is 2. The number of ether oxygens (including phenoxy) is 1. The van der Waals surface area contributed by atoms with E-state index >= 15 is 0 Å². The van der Waals surface area contributed by atoms with Gasteiger partial charge in [-0.25, -0.2) is 0 Å². The van der Waals surface area contributed by atoms with E-state index in [1.54, 1.807) is 6.07 Å². The maximum absolute atomic E-state index is 12.8. The minimum absolute atomic E-state index is 0.235. The smallest absolute Gasteiger partial charge is 0.261 e. The highest BCUT2D eigenvalue weighted by atomic mass is 79.9. The van der Waals surface area contributed by atoms with Crippen LogP contribution in [0.1, 0.15) is 21.5 Å². The lowest BCUT2D eigenvalue weighted by Gasteiger charge is -2.15. The lowest BCUT2D eigenvalue weighted by molar-refractivity contribution is 0.0975. The summed E-state index contributed by atoms with van der Waals surface area (Å²) in [6.45, 7) is 4.02. The van der Waals surface area contributed by atoms with Gasteiger partial charge in [0.1, 0.15) is 5.75 Å². The minimum Gasteiger partial charge on any atom is -0.495 e. The van der Waals surface area contributed by atoms with Crippen LogP contribution in [-0.2, 0) is 0 Å². The Kier molecular flexibility index (Phi) is 5.77. The summed E-state index contributed by atoms with van der Waals surface area (Å²) in [6, 6.07) is 15.6. The Morgan fingerprint density at radius 3 is 2.56 bits per heavy atom. The molecule has 0 aliphatic rings. The van der Waals surface area contributed by atoms with Gasteiger partial charge in [0.05, 0.1) is 17.1 Å². The van der Waals surface area contributed by atoms with Crippen molar-refractivity contribution in [2.75, 3.05) is 12.4 Å². The van der Waals surface area contributed by atoms with E-state index in [0.717, 1.165) is 26.5 Å². The Morgan fingerprint density at radius 2 is 1.85 bits per heavy atom. The number of halogens is 1. The van der Waals surface area contributed by atoms with Crippen LogP contribution in [0, 0.1) is 13.8 Å². The van der Waals surface area contributed by atoms with Gasteiger partial charge in [-0.1, -0.05) is 42.0 Å². The first-order valence-corrected chi connectivity index (χ1v) is 9.55. The van der Waals surface area contributed by atoms with E-state index < -0.39 is 0 Å². The number of hydrogen-bond acceptors (Lipinski definition) is 3. The molecule has 1 amide bonds. The van der Waals surface area contributed by atoms with E-state index in [4.69, 9.17) is 17.0 Å². The molecule has 6 heteroatoms. The van der Waals surface area contributed by atoms with Crippen LogP contribution in [0.15, 0.2) is 53.0 Å². The molecule has 0 aliphatic heterocycles. The predicted molar refractivity (Wildman–Crippen MR) is 118 cm³/mol. The molecule has 138 valence electrons. The quantitative estimate of drug-likeness (QED) is 0.536. The molecule has 2 N–H and O–H groups in total. The molecular weight excluding hydrogens is 424 g/mol. The van der Waals surface area contributed by atoms with Crippen molar-refractivity contribution in [1.29, 1.82) is 0 Å². The first kappa shape index (κ1) is 19.3. The van der Waals surface area contributed by atoms with Gasteiger partial charge in [-0.15, -0.1) is 0 Å². The number of rotatable bonds is 3. The summed E-state index contributed by atoms with van der Waals surface area (Å²) in [7, 11) is 1.54. The zero-order valence-corrected chi connectivity index (χ0v) is 17.6. The maximum Gasteiger partial charge on any atom is 0.261 e. The molecule has 0 saturated heterocycles. The Morgan fingerprint density at radius 1 is 1.11 bits per heavy atom. The third-order valence-corrected chi connectivity index (χ3v) is 5.24. The molecule has 0 radical (unpaired) electrons. The number of amides is 1. The van der Waals surface area contributed by atoms with Crippen molar-refractivity contribution >= 4 is 55.6 Å². The number of fused-ring (bicyclic) bond motifs is 1. The fraction of sp³-hybridized carbons (Fsp3) is 0.143. The molecule has 27 heavy (non-hydrogen) atoms. The van der Waals surface area contributed by atoms with Crippen molar-refractivity contribution < 1.29 is 9.53 Å². The zero-order valence-electron chi connectivity index (χ0n) is 15.2. The molecule has 0 unspecified atom stereocenters. The van der Waals surface area contributed by atoms with E-state index in [-0.39, 0.29) is 11.0 Å². The lowest BCUT2D eigenvalue weighted by atomic mass is 10.1. The van der Waals surface area contributed by atoms with Gasteiger partial charge < -0.3 is 10.1 Å². The normalized spacial score (nSPS) is 10.5. The number of carbonyl (C=O) groups is 1. The minimum atomic E-state index is -0.333. The van der Waals surface area contributed by atoms with Crippen LogP contribution in [0.25, 0.3) is 10.8 Å². The van der Waals surface area contributed by atoms with Crippen LogP contribution in [0.4, 0.5) is 5.69 Å². The van der Waals surface area contributed by atoms with E-state index in [1.165, 1.54) is 12.7 Å². The van der Waals surface area contributed by atoms with Gasteiger partial charge in [0.2, 0.25) is 0 Å². The van der Waals surface area contributed by atoms with E-state index in [0.29, 0.717) is 11.3 Å².